The van der Waals surface area contributed by atoms with Gasteiger partial charge in [-0.2, -0.15) is 8.42 Å². The van der Waals surface area contributed by atoms with Crippen molar-refractivity contribution in [1.82, 2.24) is 0 Å². The highest BCUT2D eigenvalue weighted by atomic mass is 32.2. The molecule has 1 aromatic rings. The van der Waals surface area contributed by atoms with Gasteiger partial charge in [0.05, 0.1) is 4.90 Å². The first-order chi connectivity index (χ1) is 8.82. The normalized spacial score (nSPS) is 20.1. The summed E-state index contributed by atoms with van der Waals surface area (Å²) < 4.78 is 31.7. The minimum Gasteiger partial charge on any atom is -0.330 e. The summed E-state index contributed by atoms with van der Waals surface area (Å²) in [5.74, 6) is 0.00331. The highest BCUT2D eigenvalue weighted by Crippen LogP contribution is 2.28. The van der Waals surface area contributed by atoms with Crippen LogP contribution in [0.4, 0.5) is 5.69 Å². The van der Waals surface area contributed by atoms with Gasteiger partial charge in [0.25, 0.3) is 10.1 Å². The lowest BCUT2D eigenvalue weighted by molar-refractivity contribution is -0.117. The lowest BCUT2D eigenvalue weighted by Crippen LogP contribution is -2.26. The molecule has 0 bridgehead atoms. The molecule has 3 N–H and O–H groups in total. The molecule has 1 fully saturated rings. The smallest absolute Gasteiger partial charge is 0.294 e. The molecular weight excluding hydrogens is 268 g/mol. The number of carbonyl (C=O) groups is 1. The average molecular weight is 284 g/mol. The van der Waals surface area contributed by atoms with Crippen LogP contribution in [0, 0.1) is 12.8 Å². The van der Waals surface area contributed by atoms with Crippen molar-refractivity contribution in [2.24, 2.45) is 11.7 Å². The number of aryl methyl sites for hydroxylation is 1. The maximum absolute atomic E-state index is 11.8. The van der Waals surface area contributed by atoms with Crippen molar-refractivity contribution in [1.29, 1.82) is 0 Å². The van der Waals surface area contributed by atoms with Crippen molar-refractivity contribution < 1.29 is 17.8 Å². The van der Waals surface area contributed by atoms with Gasteiger partial charge in [0.2, 0.25) is 5.91 Å². The molecule has 1 amide bonds. The molecule has 2 rings (SSSR count). The Kier molecular flexibility index (Phi) is 3.62. The van der Waals surface area contributed by atoms with E-state index >= 15 is 0 Å². The van der Waals surface area contributed by atoms with Crippen molar-refractivity contribution >= 4 is 21.7 Å². The molecule has 1 unspecified atom stereocenters. The Bertz CT molecular complexity index is 612. The molecule has 0 aliphatic carbocycles. The third-order valence-electron chi connectivity index (χ3n) is 3.30. The van der Waals surface area contributed by atoms with Crippen molar-refractivity contribution in [3.63, 3.8) is 0 Å². The van der Waals surface area contributed by atoms with Gasteiger partial charge in [0.15, 0.2) is 0 Å². The van der Waals surface area contributed by atoms with Gasteiger partial charge in [-0.05, 0) is 37.1 Å². The first-order valence-electron chi connectivity index (χ1n) is 5.91. The van der Waals surface area contributed by atoms with Crippen LogP contribution in [0.3, 0.4) is 0 Å². The zero-order valence-corrected chi connectivity index (χ0v) is 11.4. The Labute approximate surface area is 112 Å². The van der Waals surface area contributed by atoms with Gasteiger partial charge in [-0.25, -0.2) is 0 Å². The zero-order chi connectivity index (χ0) is 14.2. The van der Waals surface area contributed by atoms with Crippen LogP contribution in [0.5, 0.6) is 0 Å². The van der Waals surface area contributed by atoms with Gasteiger partial charge in [0.1, 0.15) is 0 Å². The fraction of sp³-hybridized carbons (Fsp3) is 0.417. The van der Waals surface area contributed by atoms with E-state index in [2.05, 4.69) is 0 Å². The van der Waals surface area contributed by atoms with Crippen LogP contribution in [-0.2, 0) is 14.9 Å². The molecule has 7 heteroatoms. The van der Waals surface area contributed by atoms with Crippen LogP contribution in [0.2, 0.25) is 0 Å². The van der Waals surface area contributed by atoms with E-state index in [9.17, 15) is 13.2 Å². The molecule has 1 heterocycles. The Morgan fingerprint density at radius 2 is 2.16 bits per heavy atom. The molecule has 1 atom stereocenters. The van der Waals surface area contributed by atoms with E-state index in [1.54, 1.807) is 19.1 Å². The Morgan fingerprint density at radius 3 is 2.68 bits per heavy atom. The molecule has 0 radical (unpaired) electrons. The molecule has 1 saturated heterocycles. The maximum Gasteiger partial charge on any atom is 0.294 e. The molecule has 6 nitrogen and oxygen atoms in total. The molecular formula is C12H16N2O4S. The monoisotopic (exact) mass is 284 g/mol. The standard InChI is InChI=1S/C12H16N2O4S/c1-8-2-3-10(5-11(8)19(16,17)18)14-7-9(6-13)4-12(14)15/h2-3,5,9H,4,6-7,13H2,1H3,(H,16,17,18). The van der Waals surface area contributed by atoms with Crippen LogP contribution in [0.15, 0.2) is 23.1 Å². The third-order valence-corrected chi connectivity index (χ3v) is 4.30. The predicted octanol–water partition coefficient (Wildman–Crippen LogP) is 0.553. The zero-order valence-electron chi connectivity index (χ0n) is 10.5. The fourth-order valence-corrected chi connectivity index (χ4v) is 2.97. The minimum absolute atomic E-state index is 0.0828. The first kappa shape index (κ1) is 14.0. The topological polar surface area (TPSA) is 101 Å². The molecule has 1 aliphatic heterocycles. The van der Waals surface area contributed by atoms with Gasteiger partial charge in [-0.1, -0.05) is 6.07 Å². The van der Waals surface area contributed by atoms with Crippen molar-refractivity contribution in [3.8, 4) is 0 Å². The second-order valence-corrected chi connectivity index (χ2v) is 6.13. The lowest BCUT2D eigenvalue weighted by atomic mass is 10.1. The van der Waals surface area contributed by atoms with E-state index in [1.807, 2.05) is 0 Å². The summed E-state index contributed by atoms with van der Waals surface area (Å²) in [6.07, 6.45) is 0.367. The van der Waals surface area contributed by atoms with E-state index in [1.165, 1.54) is 11.0 Å². The number of nitrogens with two attached hydrogens (primary N) is 1. The highest BCUT2D eigenvalue weighted by Gasteiger charge is 2.30. The summed E-state index contributed by atoms with van der Waals surface area (Å²) in [5.41, 5.74) is 6.45. The number of carbonyl (C=O) groups excluding carboxylic acids is 1. The first-order valence-corrected chi connectivity index (χ1v) is 7.35. The quantitative estimate of drug-likeness (QED) is 0.790. The van der Waals surface area contributed by atoms with Crippen molar-refractivity contribution in [3.05, 3.63) is 23.8 Å². The van der Waals surface area contributed by atoms with Gasteiger partial charge in [-0.3, -0.25) is 9.35 Å². The highest BCUT2D eigenvalue weighted by molar-refractivity contribution is 7.85. The molecule has 1 aliphatic rings. The Morgan fingerprint density at radius 1 is 1.47 bits per heavy atom. The lowest BCUT2D eigenvalue weighted by Gasteiger charge is -2.17. The van der Waals surface area contributed by atoms with Crippen LogP contribution in [-0.4, -0.2) is 32.0 Å². The second kappa shape index (κ2) is 4.92. The number of nitrogens with zero attached hydrogens (tertiary/aromatic N) is 1. The fourth-order valence-electron chi connectivity index (χ4n) is 2.22. The Hall–Kier alpha value is -1.44. The van der Waals surface area contributed by atoms with Gasteiger partial charge in [0, 0.05) is 18.7 Å². The average Bonchev–Trinajstić information content (AvgIpc) is 2.70. The van der Waals surface area contributed by atoms with Gasteiger partial charge in [-0.15, -0.1) is 0 Å². The number of amides is 1. The molecule has 104 valence electrons. The number of anilines is 1. The van der Waals surface area contributed by atoms with Gasteiger partial charge < -0.3 is 10.6 Å². The largest absolute Gasteiger partial charge is 0.330 e. The number of hydrogen-bond acceptors (Lipinski definition) is 4. The predicted molar refractivity (Wildman–Crippen MR) is 70.5 cm³/mol. The second-order valence-electron chi connectivity index (χ2n) is 4.74. The van der Waals surface area contributed by atoms with Crippen molar-refractivity contribution in [2.45, 2.75) is 18.2 Å². The van der Waals surface area contributed by atoms with E-state index in [-0.39, 0.29) is 16.7 Å². The van der Waals surface area contributed by atoms with E-state index in [4.69, 9.17) is 10.3 Å². The van der Waals surface area contributed by atoms with Crippen LogP contribution < -0.4 is 10.6 Å². The van der Waals surface area contributed by atoms with Gasteiger partial charge >= 0.3 is 0 Å². The molecule has 0 saturated carbocycles. The van der Waals surface area contributed by atoms with Crippen LogP contribution >= 0.6 is 0 Å². The van der Waals surface area contributed by atoms with E-state index in [0.29, 0.717) is 30.8 Å². The van der Waals surface area contributed by atoms with Crippen molar-refractivity contribution in [2.75, 3.05) is 18.0 Å². The minimum atomic E-state index is -4.28. The number of hydrogen-bond donors (Lipinski definition) is 2. The van der Waals surface area contributed by atoms with Crippen LogP contribution in [0.1, 0.15) is 12.0 Å². The summed E-state index contributed by atoms with van der Waals surface area (Å²) in [6, 6.07) is 4.56. The summed E-state index contributed by atoms with van der Waals surface area (Å²) >= 11 is 0. The molecule has 19 heavy (non-hydrogen) atoms. The van der Waals surface area contributed by atoms with Crippen LogP contribution in [0.25, 0.3) is 0 Å². The summed E-state index contributed by atoms with van der Waals surface area (Å²) in [4.78, 5) is 13.2. The SMILES string of the molecule is Cc1ccc(N2CC(CN)CC2=O)cc1S(=O)(=O)O. The summed E-state index contributed by atoms with van der Waals surface area (Å²) in [7, 11) is -4.28. The number of rotatable bonds is 3. The summed E-state index contributed by atoms with van der Waals surface area (Å²) in [6.45, 7) is 2.48. The van der Waals surface area contributed by atoms with E-state index in [0.717, 1.165) is 0 Å². The van der Waals surface area contributed by atoms with E-state index < -0.39 is 10.1 Å². The molecule has 0 spiro atoms. The summed E-state index contributed by atoms with van der Waals surface area (Å²) in [5, 5.41) is 0. The maximum atomic E-state index is 11.8. The third kappa shape index (κ3) is 2.78. The Balaban J connectivity index is 2.40. The number of benzene rings is 1. The molecule has 1 aromatic carbocycles. The molecule has 0 aromatic heterocycles.